The fraction of sp³-hybridized carbons (Fsp3) is 0.176. The van der Waals surface area contributed by atoms with Crippen molar-refractivity contribution >= 4 is 27.8 Å². The number of nitrogens with zero attached hydrogens (tertiary/aromatic N) is 1. The average molecular weight is 407 g/mol. The number of methoxy groups -OCH3 is 1. The van der Waals surface area contributed by atoms with Crippen LogP contribution in [0.3, 0.4) is 0 Å². The molecule has 28 heavy (non-hydrogen) atoms. The van der Waals surface area contributed by atoms with Crippen LogP contribution >= 0.6 is 0 Å². The van der Waals surface area contributed by atoms with E-state index in [1.165, 1.54) is 7.11 Å². The standard InChI is InChI=1S/C17H17N3O7S/c1-27-13-7-12(8-18-15(13)17(24)19-9-14(21)22)16(23)20-28(25,26)10-11-5-3-2-4-6-11/h2-8H,9-10H2,1H3,(H,19,24)(H,20,23)(H,21,22). The Bertz CT molecular complexity index is 991. The van der Waals surface area contributed by atoms with Crippen LogP contribution in [0, 0.1) is 0 Å². The lowest BCUT2D eigenvalue weighted by molar-refractivity contribution is -0.135. The van der Waals surface area contributed by atoms with E-state index < -0.39 is 34.4 Å². The zero-order valence-corrected chi connectivity index (χ0v) is 15.5. The summed E-state index contributed by atoms with van der Waals surface area (Å²) in [5, 5.41) is 10.7. The third-order valence-corrected chi connectivity index (χ3v) is 4.61. The van der Waals surface area contributed by atoms with Crippen molar-refractivity contribution in [1.82, 2.24) is 15.0 Å². The first kappa shape index (κ1) is 20.8. The lowest BCUT2D eigenvalue weighted by atomic mass is 10.2. The highest BCUT2D eigenvalue weighted by Gasteiger charge is 2.21. The second kappa shape index (κ2) is 8.95. The highest BCUT2D eigenvalue weighted by Crippen LogP contribution is 2.18. The Morgan fingerprint density at radius 1 is 1.14 bits per heavy atom. The normalized spacial score (nSPS) is 10.8. The predicted molar refractivity (Wildman–Crippen MR) is 97.3 cm³/mol. The number of carbonyl (C=O) groups excluding carboxylic acids is 2. The number of hydrogen-bond acceptors (Lipinski definition) is 7. The number of ether oxygens (including phenoxy) is 1. The lowest BCUT2D eigenvalue weighted by Crippen LogP contribution is -2.32. The first-order valence-corrected chi connectivity index (χ1v) is 9.50. The van der Waals surface area contributed by atoms with E-state index in [2.05, 4.69) is 10.3 Å². The molecular weight excluding hydrogens is 390 g/mol. The largest absolute Gasteiger partial charge is 0.494 e. The molecule has 0 aliphatic rings. The third kappa shape index (κ3) is 5.77. The molecule has 10 nitrogen and oxygen atoms in total. The molecule has 0 saturated heterocycles. The Kier molecular flexibility index (Phi) is 6.66. The molecule has 0 spiro atoms. The number of aromatic nitrogens is 1. The molecule has 0 aliphatic carbocycles. The second-order valence-electron chi connectivity index (χ2n) is 5.53. The molecule has 1 aromatic carbocycles. The molecule has 0 radical (unpaired) electrons. The van der Waals surface area contributed by atoms with Gasteiger partial charge in [0.25, 0.3) is 11.8 Å². The van der Waals surface area contributed by atoms with Gasteiger partial charge in [0.05, 0.1) is 18.4 Å². The number of aliphatic carboxylic acids is 1. The van der Waals surface area contributed by atoms with Crippen molar-refractivity contribution in [1.29, 1.82) is 0 Å². The summed E-state index contributed by atoms with van der Waals surface area (Å²) >= 11 is 0. The predicted octanol–water partition coefficient (Wildman–Crippen LogP) is 0.164. The third-order valence-electron chi connectivity index (χ3n) is 3.40. The molecule has 1 aromatic heterocycles. The molecule has 0 fully saturated rings. The van der Waals surface area contributed by atoms with Gasteiger partial charge in [0.2, 0.25) is 10.0 Å². The van der Waals surface area contributed by atoms with Gasteiger partial charge in [-0.3, -0.25) is 14.4 Å². The monoisotopic (exact) mass is 407 g/mol. The topological polar surface area (TPSA) is 152 Å². The quantitative estimate of drug-likeness (QED) is 0.560. The van der Waals surface area contributed by atoms with Crippen molar-refractivity contribution in [3.05, 3.63) is 59.4 Å². The van der Waals surface area contributed by atoms with E-state index in [1.807, 2.05) is 4.72 Å². The first-order valence-electron chi connectivity index (χ1n) is 7.84. The van der Waals surface area contributed by atoms with Gasteiger partial charge in [-0.25, -0.2) is 18.1 Å². The minimum Gasteiger partial charge on any atom is -0.494 e. The van der Waals surface area contributed by atoms with Gasteiger partial charge in [-0.1, -0.05) is 30.3 Å². The Labute approximate surface area is 160 Å². The average Bonchev–Trinajstić information content (AvgIpc) is 2.65. The van der Waals surface area contributed by atoms with Gasteiger partial charge < -0.3 is 15.2 Å². The highest BCUT2D eigenvalue weighted by molar-refractivity contribution is 7.89. The number of carbonyl (C=O) groups is 3. The van der Waals surface area contributed by atoms with Gasteiger partial charge in [-0.15, -0.1) is 0 Å². The van der Waals surface area contributed by atoms with E-state index in [1.54, 1.807) is 30.3 Å². The summed E-state index contributed by atoms with van der Waals surface area (Å²) < 4.78 is 31.2. The van der Waals surface area contributed by atoms with E-state index in [4.69, 9.17) is 9.84 Å². The van der Waals surface area contributed by atoms with Crippen LogP contribution in [0.5, 0.6) is 5.75 Å². The zero-order valence-electron chi connectivity index (χ0n) is 14.7. The van der Waals surface area contributed by atoms with E-state index in [9.17, 15) is 22.8 Å². The van der Waals surface area contributed by atoms with Crippen LogP contribution in [0.1, 0.15) is 26.4 Å². The van der Waals surface area contributed by atoms with E-state index in [-0.39, 0.29) is 22.8 Å². The molecule has 1 heterocycles. The highest BCUT2D eigenvalue weighted by atomic mass is 32.2. The lowest BCUT2D eigenvalue weighted by Gasteiger charge is -2.10. The van der Waals surface area contributed by atoms with Crippen LogP contribution in [0.15, 0.2) is 42.6 Å². The van der Waals surface area contributed by atoms with Crippen LogP contribution in [-0.4, -0.2) is 49.9 Å². The fourth-order valence-electron chi connectivity index (χ4n) is 2.16. The van der Waals surface area contributed by atoms with Gasteiger partial charge in [-0.2, -0.15) is 0 Å². The first-order chi connectivity index (χ1) is 13.2. The van der Waals surface area contributed by atoms with Gasteiger partial charge >= 0.3 is 5.97 Å². The van der Waals surface area contributed by atoms with Gasteiger partial charge in [0, 0.05) is 6.20 Å². The Hall–Kier alpha value is -3.47. The maximum absolute atomic E-state index is 12.3. The van der Waals surface area contributed by atoms with Crippen molar-refractivity contribution in [2.24, 2.45) is 0 Å². The molecule has 148 valence electrons. The molecule has 3 N–H and O–H groups in total. The van der Waals surface area contributed by atoms with E-state index in [0.29, 0.717) is 5.56 Å². The second-order valence-corrected chi connectivity index (χ2v) is 7.25. The van der Waals surface area contributed by atoms with Crippen LogP contribution in [0.25, 0.3) is 0 Å². The molecule has 0 unspecified atom stereocenters. The van der Waals surface area contributed by atoms with Crippen molar-refractivity contribution in [2.45, 2.75) is 5.75 Å². The van der Waals surface area contributed by atoms with Crippen molar-refractivity contribution < 1.29 is 32.6 Å². The number of pyridine rings is 1. The number of sulfonamides is 1. The van der Waals surface area contributed by atoms with Crippen LogP contribution in [-0.2, 0) is 20.6 Å². The minimum atomic E-state index is -3.96. The summed E-state index contributed by atoms with van der Waals surface area (Å²) in [5.41, 5.74) is 0.111. The van der Waals surface area contributed by atoms with Gasteiger partial charge in [0.15, 0.2) is 11.4 Å². The molecule has 0 aliphatic heterocycles. The summed E-state index contributed by atoms with van der Waals surface area (Å²) in [6, 6.07) is 9.44. The Morgan fingerprint density at radius 3 is 2.43 bits per heavy atom. The Balaban J connectivity index is 2.15. The summed E-state index contributed by atoms with van der Waals surface area (Å²) in [6.45, 7) is -0.621. The number of hydrogen-bond donors (Lipinski definition) is 3. The SMILES string of the molecule is COc1cc(C(=O)NS(=O)(=O)Cc2ccccc2)cnc1C(=O)NCC(=O)O. The molecule has 0 atom stereocenters. The van der Waals surface area contributed by atoms with Crippen molar-refractivity contribution in [3.63, 3.8) is 0 Å². The Morgan fingerprint density at radius 2 is 1.82 bits per heavy atom. The van der Waals surface area contributed by atoms with Crippen LogP contribution in [0.4, 0.5) is 0 Å². The van der Waals surface area contributed by atoms with Crippen molar-refractivity contribution in [2.75, 3.05) is 13.7 Å². The minimum absolute atomic E-state index is 0.115. The fourth-order valence-corrected chi connectivity index (χ4v) is 3.27. The van der Waals surface area contributed by atoms with Crippen LogP contribution < -0.4 is 14.8 Å². The maximum Gasteiger partial charge on any atom is 0.322 e. The number of carboxylic acids is 1. The molecule has 2 aromatic rings. The summed E-state index contributed by atoms with van der Waals surface area (Å²) in [5.74, 6) is -3.51. The van der Waals surface area contributed by atoms with E-state index in [0.717, 1.165) is 12.3 Å². The zero-order chi connectivity index (χ0) is 20.7. The maximum atomic E-state index is 12.3. The molecule has 11 heteroatoms. The number of benzene rings is 1. The smallest absolute Gasteiger partial charge is 0.322 e. The van der Waals surface area contributed by atoms with Gasteiger partial charge in [-0.05, 0) is 11.6 Å². The van der Waals surface area contributed by atoms with Crippen LogP contribution in [0.2, 0.25) is 0 Å². The molecule has 2 rings (SSSR count). The van der Waals surface area contributed by atoms with Gasteiger partial charge in [0.1, 0.15) is 6.54 Å². The summed E-state index contributed by atoms with van der Waals surface area (Å²) in [6.07, 6.45) is 0.992. The van der Waals surface area contributed by atoms with Crippen molar-refractivity contribution in [3.8, 4) is 5.75 Å². The summed E-state index contributed by atoms with van der Waals surface area (Å²) in [7, 11) is -2.74. The number of rotatable bonds is 8. The number of amides is 2. The molecule has 0 saturated carbocycles. The summed E-state index contributed by atoms with van der Waals surface area (Å²) in [4.78, 5) is 38.5. The molecular formula is C17H17N3O7S. The number of carboxylic acid groups (broad SMARTS) is 1. The number of nitrogens with one attached hydrogen (secondary N) is 2. The van der Waals surface area contributed by atoms with E-state index >= 15 is 0 Å². The molecule has 0 bridgehead atoms. The molecule has 2 amide bonds.